The number of aryl methyl sites for hydroxylation is 1. The summed E-state index contributed by atoms with van der Waals surface area (Å²) in [7, 11) is 0. The van der Waals surface area contributed by atoms with Crippen LogP contribution in [-0.4, -0.2) is 0 Å². The zero-order valence-corrected chi connectivity index (χ0v) is 12.2. The second-order valence-corrected chi connectivity index (χ2v) is 5.14. The fraction of sp³-hybridized carbons (Fsp3) is 0.278. The summed E-state index contributed by atoms with van der Waals surface area (Å²) in [5, 5.41) is 9.42. The van der Waals surface area contributed by atoms with Crippen LogP contribution in [0.4, 0.5) is 13.2 Å². The topological polar surface area (TPSA) is 23.8 Å². The summed E-state index contributed by atoms with van der Waals surface area (Å²) in [6, 6.07) is 13.0. The number of benzene rings is 2. The van der Waals surface area contributed by atoms with Gasteiger partial charge >= 0.3 is 6.18 Å². The predicted octanol–water partition coefficient (Wildman–Crippen LogP) is 5.59. The van der Waals surface area contributed by atoms with Crippen molar-refractivity contribution < 1.29 is 13.2 Å². The van der Waals surface area contributed by atoms with Gasteiger partial charge in [-0.25, -0.2) is 0 Å². The van der Waals surface area contributed by atoms with Crippen LogP contribution in [0.25, 0.3) is 11.1 Å². The molecule has 0 heterocycles. The van der Waals surface area contributed by atoms with E-state index in [0.29, 0.717) is 28.7 Å². The molecule has 114 valence electrons. The Hall–Kier alpha value is -2.28. The first-order valence-corrected chi connectivity index (χ1v) is 7.17. The molecule has 0 spiro atoms. The second kappa shape index (κ2) is 6.65. The van der Waals surface area contributed by atoms with Gasteiger partial charge in [0.15, 0.2) is 0 Å². The van der Waals surface area contributed by atoms with Crippen molar-refractivity contribution in [1.29, 1.82) is 5.26 Å². The molecule has 0 bridgehead atoms. The quantitative estimate of drug-likeness (QED) is 0.722. The average Bonchev–Trinajstić information content (AvgIpc) is 2.51. The number of nitriles is 1. The van der Waals surface area contributed by atoms with Crippen LogP contribution in [0.1, 0.15) is 36.5 Å². The monoisotopic (exact) mass is 303 g/mol. The van der Waals surface area contributed by atoms with Gasteiger partial charge < -0.3 is 0 Å². The summed E-state index contributed by atoms with van der Waals surface area (Å²) in [5.41, 5.74) is 1.09. The Morgan fingerprint density at radius 3 is 2.32 bits per heavy atom. The Morgan fingerprint density at radius 2 is 1.77 bits per heavy atom. The van der Waals surface area contributed by atoms with Crippen LogP contribution in [0.3, 0.4) is 0 Å². The fourth-order valence-electron chi connectivity index (χ4n) is 2.41. The second-order valence-electron chi connectivity index (χ2n) is 5.14. The van der Waals surface area contributed by atoms with Crippen LogP contribution in [0.5, 0.6) is 0 Å². The Bertz CT molecular complexity index is 682. The summed E-state index contributed by atoms with van der Waals surface area (Å²) in [5.74, 6) is 0. The molecule has 1 nitrogen and oxygen atoms in total. The Kier molecular flexibility index (Phi) is 4.87. The molecular weight excluding hydrogens is 287 g/mol. The van der Waals surface area contributed by atoms with E-state index in [1.54, 1.807) is 30.3 Å². The predicted molar refractivity (Wildman–Crippen MR) is 80.2 cm³/mol. The van der Waals surface area contributed by atoms with Gasteiger partial charge in [0, 0.05) is 5.56 Å². The summed E-state index contributed by atoms with van der Waals surface area (Å²) >= 11 is 0. The first-order chi connectivity index (χ1) is 10.5. The molecule has 4 heteroatoms. The van der Waals surface area contributed by atoms with Gasteiger partial charge in [-0.3, -0.25) is 0 Å². The first kappa shape index (κ1) is 16.1. The molecule has 0 fully saturated rings. The Balaban J connectivity index is 2.67. The smallest absolute Gasteiger partial charge is 0.192 e. The van der Waals surface area contributed by atoms with Gasteiger partial charge in [0.25, 0.3) is 0 Å². The van der Waals surface area contributed by atoms with Crippen LogP contribution in [0.2, 0.25) is 0 Å². The molecule has 2 rings (SSSR count). The van der Waals surface area contributed by atoms with E-state index in [0.717, 1.165) is 25.0 Å². The summed E-state index contributed by atoms with van der Waals surface area (Å²) < 4.78 is 39.4. The van der Waals surface area contributed by atoms with E-state index in [-0.39, 0.29) is 0 Å². The number of rotatable bonds is 4. The maximum atomic E-state index is 13.1. The van der Waals surface area contributed by atoms with E-state index >= 15 is 0 Å². The number of halogens is 3. The van der Waals surface area contributed by atoms with Crippen LogP contribution >= 0.6 is 0 Å². The maximum Gasteiger partial charge on any atom is 0.416 e. The van der Waals surface area contributed by atoms with Crippen molar-refractivity contribution in [3.63, 3.8) is 0 Å². The van der Waals surface area contributed by atoms with Crippen molar-refractivity contribution in [3.8, 4) is 17.2 Å². The minimum Gasteiger partial charge on any atom is -0.192 e. The standard InChI is InChI=1S/C18H16F3N/c1-2-3-7-14-10-15(18(19,20)21)11-16(17(14)12-22)13-8-5-4-6-9-13/h4-6,8-11H,2-3,7H2,1H3. The lowest BCUT2D eigenvalue weighted by Gasteiger charge is -2.15. The first-order valence-electron chi connectivity index (χ1n) is 7.17. The Morgan fingerprint density at radius 1 is 1.09 bits per heavy atom. The third kappa shape index (κ3) is 3.48. The van der Waals surface area contributed by atoms with E-state index in [1.807, 2.05) is 6.92 Å². The van der Waals surface area contributed by atoms with Gasteiger partial charge in [0.05, 0.1) is 11.1 Å². The van der Waals surface area contributed by atoms with Crippen molar-refractivity contribution in [1.82, 2.24) is 0 Å². The number of hydrogen-bond acceptors (Lipinski definition) is 1. The minimum absolute atomic E-state index is 0.340. The summed E-state index contributed by atoms with van der Waals surface area (Å²) in [6.45, 7) is 1.97. The molecule has 0 atom stereocenters. The van der Waals surface area contributed by atoms with Gasteiger partial charge in [-0.1, -0.05) is 43.7 Å². The zero-order chi connectivity index (χ0) is 16.2. The highest BCUT2D eigenvalue weighted by molar-refractivity contribution is 5.73. The van der Waals surface area contributed by atoms with E-state index in [1.165, 1.54) is 0 Å². The maximum absolute atomic E-state index is 13.1. The molecule has 0 saturated heterocycles. The number of hydrogen-bond donors (Lipinski definition) is 0. The minimum atomic E-state index is -4.42. The molecule has 0 saturated carbocycles. The molecule has 0 aliphatic rings. The van der Waals surface area contributed by atoms with Gasteiger partial charge in [-0.15, -0.1) is 0 Å². The summed E-state index contributed by atoms with van der Waals surface area (Å²) in [4.78, 5) is 0. The van der Waals surface area contributed by atoms with Crippen molar-refractivity contribution in [2.75, 3.05) is 0 Å². The number of alkyl halides is 3. The van der Waals surface area contributed by atoms with Crippen molar-refractivity contribution in [3.05, 3.63) is 59.2 Å². The van der Waals surface area contributed by atoms with E-state index in [4.69, 9.17) is 0 Å². The highest BCUT2D eigenvalue weighted by atomic mass is 19.4. The highest BCUT2D eigenvalue weighted by Gasteiger charge is 2.32. The molecule has 0 aliphatic carbocycles. The van der Waals surface area contributed by atoms with E-state index in [9.17, 15) is 18.4 Å². The largest absolute Gasteiger partial charge is 0.416 e. The zero-order valence-electron chi connectivity index (χ0n) is 12.2. The lowest BCUT2D eigenvalue weighted by atomic mass is 9.91. The van der Waals surface area contributed by atoms with Gasteiger partial charge in [0.1, 0.15) is 6.07 Å². The molecule has 0 aliphatic heterocycles. The molecule has 0 N–H and O–H groups in total. The SMILES string of the molecule is CCCCc1cc(C(F)(F)F)cc(-c2ccccc2)c1C#N. The normalized spacial score (nSPS) is 11.2. The number of unbranched alkanes of at least 4 members (excludes halogenated alkanes) is 1. The van der Waals surface area contributed by atoms with Crippen molar-refractivity contribution in [2.45, 2.75) is 32.4 Å². The van der Waals surface area contributed by atoms with Gasteiger partial charge in [0.2, 0.25) is 0 Å². The van der Waals surface area contributed by atoms with Crippen LogP contribution in [-0.2, 0) is 12.6 Å². The molecule has 0 amide bonds. The highest BCUT2D eigenvalue weighted by Crippen LogP contribution is 2.36. The van der Waals surface area contributed by atoms with Crippen LogP contribution in [0, 0.1) is 11.3 Å². The number of nitrogens with zero attached hydrogens (tertiary/aromatic N) is 1. The lowest BCUT2D eigenvalue weighted by Crippen LogP contribution is -2.08. The lowest BCUT2D eigenvalue weighted by molar-refractivity contribution is -0.137. The van der Waals surface area contributed by atoms with Crippen molar-refractivity contribution >= 4 is 0 Å². The van der Waals surface area contributed by atoms with Crippen LogP contribution in [0.15, 0.2) is 42.5 Å². The molecule has 0 unspecified atom stereocenters. The molecule has 0 aromatic heterocycles. The van der Waals surface area contributed by atoms with Crippen LogP contribution < -0.4 is 0 Å². The summed E-state index contributed by atoms with van der Waals surface area (Å²) in [6.07, 6.45) is -2.33. The molecule has 2 aromatic rings. The van der Waals surface area contributed by atoms with Gasteiger partial charge in [-0.2, -0.15) is 18.4 Å². The van der Waals surface area contributed by atoms with E-state index < -0.39 is 11.7 Å². The fourth-order valence-corrected chi connectivity index (χ4v) is 2.41. The average molecular weight is 303 g/mol. The Labute approximate surface area is 128 Å². The third-order valence-corrected chi connectivity index (χ3v) is 3.54. The van der Waals surface area contributed by atoms with Crippen molar-refractivity contribution in [2.24, 2.45) is 0 Å². The molecule has 2 aromatic carbocycles. The third-order valence-electron chi connectivity index (χ3n) is 3.54. The van der Waals surface area contributed by atoms with Gasteiger partial charge in [-0.05, 0) is 36.1 Å². The molecule has 0 radical (unpaired) electrons. The molecule has 22 heavy (non-hydrogen) atoms. The van der Waals surface area contributed by atoms with E-state index in [2.05, 4.69) is 6.07 Å². The molecular formula is C18H16F3N.